The summed E-state index contributed by atoms with van der Waals surface area (Å²) in [6.07, 6.45) is 0.278. The molecule has 0 N–H and O–H groups in total. The van der Waals surface area contributed by atoms with Gasteiger partial charge in [0.05, 0.1) is 5.02 Å². The van der Waals surface area contributed by atoms with Gasteiger partial charge < -0.3 is 19.1 Å². The molecule has 3 aromatic rings. The van der Waals surface area contributed by atoms with Crippen molar-refractivity contribution < 1.29 is 53.0 Å². The molecular weight excluding hydrogens is 405 g/mol. The summed E-state index contributed by atoms with van der Waals surface area (Å²) in [5.74, 6) is -1.10. The molecular formula is C19H12Cl2FNaO4. The van der Waals surface area contributed by atoms with Crippen molar-refractivity contribution in [2.45, 2.75) is 13.0 Å². The summed E-state index contributed by atoms with van der Waals surface area (Å²) in [5.41, 5.74) is 1.33. The quantitative estimate of drug-likeness (QED) is 0.567. The van der Waals surface area contributed by atoms with Crippen LogP contribution in [0.5, 0.6) is 5.75 Å². The zero-order chi connectivity index (χ0) is 18.7. The minimum atomic E-state index is -1.38. The van der Waals surface area contributed by atoms with Crippen molar-refractivity contribution >= 4 is 29.2 Å². The van der Waals surface area contributed by atoms with Crippen LogP contribution >= 0.6 is 23.2 Å². The van der Waals surface area contributed by atoms with E-state index in [2.05, 4.69) is 0 Å². The summed E-state index contributed by atoms with van der Waals surface area (Å²) in [6.45, 7) is 0.135. The number of carbonyl (C=O) groups is 1. The number of rotatable bonds is 6. The smallest absolute Gasteiger partial charge is 0.542 e. The normalized spacial score (nSPS) is 10.3. The fourth-order valence-electron chi connectivity index (χ4n) is 2.39. The van der Waals surface area contributed by atoms with E-state index in [1.54, 1.807) is 30.3 Å². The topological polar surface area (TPSA) is 62.5 Å². The van der Waals surface area contributed by atoms with Crippen LogP contribution in [0.4, 0.5) is 4.39 Å². The molecule has 0 spiro atoms. The van der Waals surface area contributed by atoms with Gasteiger partial charge >= 0.3 is 29.6 Å². The third-order valence-electron chi connectivity index (χ3n) is 3.65. The number of furan rings is 1. The van der Waals surface area contributed by atoms with Crippen molar-refractivity contribution in [3.05, 3.63) is 87.0 Å². The van der Waals surface area contributed by atoms with E-state index in [1.165, 1.54) is 18.2 Å². The second-order valence-electron chi connectivity index (χ2n) is 5.51. The molecule has 4 nitrogen and oxygen atoms in total. The van der Waals surface area contributed by atoms with Crippen molar-refractivity contribution in [2.24, 2.45) is 0 Å². The number of carbonyl (C=O) groups excluding carboxylic acids is 1. The van der Waals surface area contributed by atoms with E-state index >= 15 is 0 Å². The molecule has 0 atom stereocenters. The minimum absolute atomic E-state index is 0. The molecule has 0 aliphatic heterocycles. The fraction of sp³-hybridized carbons (Fsp3) is 0.105. The molecule has 1 heterocycles. The average molecular weight is 417 g/mol. The standard InChI is InChI=1S/C19H13Cl2FO4.Na/c20-13-2-5-17(25-10-11-1-3-14(22)9-16(11)21)12(7-13)8-15-4-6-18(26-15)19(23)24;/h1-7,9H,8,10H2,(H,23,24);/q;+1/p-1. The van der Waals surface area contributed by atoms with Crippen LogP contribution in [0.2, 0.25) is 10.0 Å². The van der Waals surface area contributed by atoms with Crippen LogP contribution < -0.4 is 39.4 Å². The summed E-state index contributed by atoms with van der Waals surface area (Å²) in [5, 5.41) is 11.6. The predicted octanol–water partition coefficient (Wildman–Crippen LogP) is 1.26. The number of carboxylic acids is 1. The van der Waals surface area contributed by atoms with Gasteiger partial charge in [0.1, 0.15) is 35.7 Å². The summed E-state index contributed by atoms with van der Waals surface area (Å²) in [4.78, 5) is 10.8. The molecule has 3 rings (SSSR count). The van der Waals surface area contributed by atoms with Gasteiger partial charge in [-0.1, -0.05) is 29.3 Å². The van der Waals surface area contributed by atoms with Gasteiger partial charge in [-0.2, -0.15) is 0 Å². The maximum Gasteiger partial charge on any atom is 1.00 e. The maximum atomic E-state index is 13.1. The van der Waals surface area contributed by atoms with Crippen molar-refractivity contribution in [2.75, 3.05) is 0 Å². The number of aromatic carboxylic acids is 1. The molecule has 0 aliphatic rings. The van der Waals surface area contributed by atoms with Crippen molar-refractivity contribution in [1.29, 1.82) is 0 Å². The van der Waals surface area contributed by atoms with Crippen molar-refractivity contribution in [3.63, 3.8) is 0 Å². The molecule has 0 saturated heterocycles. The summed E-state index contributed by atoms with van der Waals surface area (Å²) in [6, 6.07) is 12.0. The Morgan fingerprint density at radius 1 is 1.07 bits per heavy atom. The van der Waals surface area contributed by atoms with Crippen LogP contribution in [0.3, 0.4) is 0 Å². The molecule has 0 amide bonds. The Hall–Kier alpha value is -1.50. The molecule has 2 aromatic carbocycles. The van der Waals surface area contributed by atoms with Gasteiger partial charge in [-0.25, -0.2) is 4.39 Å². The molecule has 0 saturated carbocycles. The van der Waals surface area contributed by atoms with Crippen LogP contribution in [-0.2, 0) is 13.0 Å². The van der Waals surface area contributed by atoms with Crippen LogP contribution in [0.15, 0.2) is 52.9 Å². The Balaban J connectivity index is 0.00000261. The van der Waals surface area contributed by atoms with E-state index in [-0.39, 0.29) is 53.4 Å². The molecule has 0 unspecified atom stereocenters. The Kier molecular flexibility index (Phi) is 7.77. The van der Waals surface area contributed by atoms with Gasteiger partial charge in [-0.15, -0.1) is 0 Å². The van der Waals surface area contributed by atoms with Crippen LogP contribution in [0.1, 0.15) is 27.4 Å². The number of ether oxygens (including phenoxy) is 1. The van der Waals surface area contributed by atoms with E-state index in [4.69, 9.17) is 32.4 Å². The van der Waals surface area contributed by atoms with E-state index in [1.807, 2.05) is 0 Å². The largest absolute Gasteiger partial charge is 1.00 e. The first-order valence-corrected chi connectivity index (χ1v) is 8.33. The van der Waals surface area contributed by atoms with Crippen LogP contribution in [0.25, 0.3) is 0 Å². The molecule has 8 heteroatoms. The third-order valence-corrected chi connectivity index (χ3v) is 4.24. The summed E-state index contributed by atoms with van der Waals surface area (Å²) >= 11 is 12.1. The second-order valence-corrected chi connectivity index (χ2v) is 6.35. The first-order chi connectivity index (χ1) is 12.4. The van der Waals surface area contributed by atoms with Gasteiger partial charge in [0.25, 0.3) is 0 Å². The SMILES string of the molecule is O=C([O-])c1ccc(Cc2cc(Cl)ccc2OCc2ccc(F)cc2Cl)o1.[Na+]. The van der Waals surface area contributed by atoms with E-state index in [0.717, 1.165) is 0 Å². The van der Waals surface area contributed by atoms with Crippen LogP contribution in [0, 0.1) is 5.82 Å². The second kappa shape index (κ2) is 9.62. The third kappa shape index (κ3) is 5.74. The van der Waals surface area contributed by atoms with Crippen molar-refractivity contribution in [3.8, 4) is 5.75 Å². The monoisotopic (exact) mass is 416 g/mol. The molecule has 0 fully saturated rings. The van der Waals surface area contributed by atoms with Gasteiger partial charge in [-0.05, 0) is 42.5 Å². The van der Waals surface area contributed by atoms with Gasteiger partial charge in [-0.3, -0.25) is 0 Å². The summed E-state index contributed by atoms with van der Waals surface area (Å²) < 4.78 is 24.1. The number of hydrogen-bond acceptors (Lipinski definition) is 4. The number of benzene rings is 2. The van der Waals surface area contributed by atoms with E-state index in [9.17, 15) is 14.3 Å². The predicted molar refractivity (Wildman–Crippen MR) is 93.0 cm³/mol. The van der Waals surface area contributed by atoms with Gasteiger partial charge in [0.15, 0.2) is 0 Å². The number of halogens is 3. The Morgan fingerprint density at radius 2 is 1.85 bits per heavy atom. The number of carboxylic acid groups (broad SMARTS) is 1. The van der Waals surface area contributed by atoms with E-state index < -0.39 is 11.8 Å². The number of hydrogen-bond donors (Lipinski definition) is 0. The molecule has 0 bridgehead atoms. The van der Waals surface area contributed by atoms with Crippen molar-refractivity contribution in [1.82, 2.24) is 0 Å². The van der Waals surface area contributed by atoms with E-state index in [0.29, 0.717) is 27.7 Å². The average Bonchev–Trinajstić information content (AvgIpc) is 3.04. The molecule has 0 radical (unpaired) electrons. The fourth-order valence-corrected chi connectivity index (χ4v) is 2.81. The molecule has 0 aliphatic carbocycles. The molecule has 27 heavy (non-hydrogen) atoms. The first kappa shape index (κ1) is 21.8. The molecule has 1 aromatic heterocycles. The Bertz CT molecular complexity index is 959. The maximum absolute atomic E-state index is 13.1. The zero-order valence-electron chi connectivity index (χ0n) is 14.3. The van der Waals surface area contributed by atoms with Crippen LogP contribution in [-0.4, -0.2) is 5.97 Å². The molecule has 134 valence electrons. The zero-order valence-corrected chi connectivity index (χ0v) is 17.8. The minimum Gasteiger partial charge on any atom is -0.542 e. The van der Waals surface area contributed by atoms with Gasteiger partial charge in [0, 0.05) is 22.6 Å². The Morgan fingerprint density at radius 3 is 2.52 bits per heavy atom. The first-order valence-electron chi connectivity index (χ1n) is 7.57. The Labute approximate surface area is 187 Å². The summed E-state index contributed by atoms with van der Waals surface area (Å²) in [7, 11) is 0. The van der Waals surface area contributed by atoms with Gasteiger partial charge in [0.2, 0.25) is 0 Å².